The van der Waals surface area contributed by atoms with Crippen LogP contribution in [0.15, 0.2) is 54.1 Å². The number of aryl methyl sites for hydroxylation is 1. The molecule has 2 aliphatic rings. The Balaban J connectivity index is 1.75. The van der Waals surface area contributed by atoms with Gasteiger partial charge in [-0.25, -0.2) is 0 Å². The summed E-state index contributed by atoms with van der Waals surface area (Å²) in [4.78, 5) is 29.7. The van der Waals surface area contributed by atoms with Crippen molar-refractivity contribution in [1.29, 1.82) is 0 Å². The lowest BCUT2D eigenvalue weighted by Gasteiger charge is -2.42. The second kappa shape index (κ2) is 8.02. The molecule has 0 aromatic heterocycles. The fourth-order valence-corrected chi connectivity index (χ4v) is 4.88. The van der Waals surface area contributed by atoms with Gasteiger partial charge < -0.3 is 4.90 Å². The minimum absolute atomic E-state index is 0.0603. The van der Waals surface area contributed by atoms with Crippen molar-refractivity contribution in [1.82, 2.24) is 5.32 Å². The van der Waals surface area contributed by atoms with Crippen LogP contribution in [0.4, 0.5) is 11.4 Å². The summed E-state index contributed by atoms with van der Waals surface area (Å²) in [6, 6.07) is 13.5. The van der Waals surface area contributed by atoms with Gasteiger partial charge in [0.15, 0.2) is 5.11 Å². The molecule has 2 aromatic carbocycles. The summed E-state index contributed by atoms with van der Waals surface area (Å²) in [6.45, 7) is 11.5. The van der Waals surface area contributed by atoms with Crippen molar-refractivity contribution in [3.8, 4) is 0 Å². The molecule has 0 saturated carbocycles. The highest BCUT2D eigenvalue weighted by Gasteiger charge is 2.35. The van der Waals surface area contributed by atoms with Gasteiger partial charge in [-0.2, -0.15) is 0 Å². The first kappa shape index (κ1) is 22.0. The topological polar surface area (TPSA) is 52.7 Å². The molecule has 32 heavy (non-hydrogen) atoms. The molecule has 2 heterocycles. The number of nitrogens with one attached hydrogen (secondary N) is 1. The lowest BCUT2D eigenvalue weighted by molar-refractivity contribution is -0.122. The van der Waals surface area contributed by atoms with Crippen molar-refractivity contribution in [2.45, 2.75) is 40.2 Å². The number of thiocarbonyl (C=S) groups is 1. The van der Waals surface area contributed by atoms with Crippen LogP contribution in [0.25, 0.3) is 11.6 Å². The quantitative estimate of drug-likeness (QED) is 0.417. The maximum Gasteiger partial charge on any atom is 0.270 e. The predicted molar refractivity (Wildman–Crippen MR) is 135 cm³/mol. The molecule has 6 heteroatoms. The Morgan fingerprint density at radius 1 is 1.09 bits per heavy atom. The predicted octanol–water partition coefficient (Wildman–Crippen LogP) is 4.85. The van der Waals surface area contributed by atoms with E-state index in [1.54, 1.807) is 12.1 Å². The molecule has 0 spiro atoms. The number of fused-ring (bicyclic) bond motifs is 1. The first-order valence-electron chi connectivity index (χ1n) is 10.7. The second-order valence-electron chi connectivity index (χ2n) is 8.80. The van der Waals surface area contributed by atoms with E-state index in [0.717, 1.165) is 28.9 Å². The SMILES string of the molecule is CCN1c2ccc(/C=C3\C(=O)NC(=S)N(c4cccc(C)c4)C3=O)cc2C(C)=CC1(C)C. The van der Waals surface area contributed by atoms with Crippen LogP contribution in [0, 0.1) is 6.92 Å². The van der Waals surface area contributed by atoms with Crippen LogP contribution in [0.5, 0.6) is 0 Å². The summed E-state index contributed by atoms with van der Waals surface area (Å²) in [5, 5.41) is 2.75. The van der Waals surface area contributed by atoms with E-state index in [4.69, 9.17) is 12.2 Å². The summed E-state index contributed by atoms with van der Waals surface area (Å²) >= 11 is 5.30. The van der Waals surface area contributed by atoms with Crippen molar-refractivity contribution in [3.05, 3.63) is 70.8 Å². The normalized spacial score (nSPS) is 19.1. The van der Waals surface area contributed by atoms with Gasteiger partial charge in [-0.15, -0.1) is 0 Å². The monoisotopic (exact) mass is 445 g/mol. The maximum absolute atomic E-state index is 13.3. The highest BCUT2D eigenvalue weighted by Crippen LogP contribution is 2.39. The first-order chi connectivity index (χ1) is 15.1. The number of rotatable bonds is 3. The van der Waals surface area contributed by atoms with Crippen molar-refractivity contribution in [2.75, 3.05) is 16.3 Å². The molecule has 2 amide bonds. The molecule has 4 rings (SSSR count). The van der Waals surface area contributed by atoms with Gasteiger partial charge in [0.25, 0.3) is 11.8 Å². The Morgan fingerprint density at radius 3 is 2.53 bits per heavy atom. The number of allylic oxidation sites excluding steroid dienone is 1. The van der Waals surface area contributed by atoms with Crippen LogP contribution in [-0.2, 0) is 9.59 Å². The van der Waals surface area contributed by atoms with Gasteiger partial charge in [0.2, 0.25) is 0 Å². The summed E-state index contributed by atoms with van der Waals surface area (Å²) in [5.41, 5.74) is 5.85. The highest BCUT2D eigenvalue weighted by molar-refractivity contribution is 7.80. The molecule has 2 aromatic rings. The molecule has 1 N–H and O–H groups in total. The second-order valence-corrected chi connectivity index (χ2v) is 9.19. The fourth-order valence-electron chi connectivity index (χ4n) is 4.59. The molecule has 1 saturated heterocycles. The van der Waals surface area contributed by atoms with Crippen LogP contribution < -0.4 is 15.1 Å². The van der Waals surface area contributed by atoms with E-state index in [1.807, 2.05) is 37.3 Å². The zero-order chi connectivity index (χ0) is 23.2. The molecule has 0 radical (unpaired) electrons. The molecule has 0 unspecified atom stereocenters. The van der Waals surface area contributed by atoms with Crippen LogP contribution in [0.3, 0.4) is 0 Å². The van der Waals surface area contributed by atoms with Crippen LogP contribution >= 0.6 is 12.2 Å². The van der Waals surface area contributed by atoms with Gasteiger partial charge in [0, 0.05) is 17.8 Å². The third kappa shape index (κ3) is 3.75. The van der Waals surface area contributed by atoms with Gasteiger partial charge in [-0.05, 0) is 93.9 Å². The van der Waals surface area contributed by atoms with E-state index in [2.05, 4.69) is 50.1 Å². The average molecular weight is 446 g/mol. The molecule has 0 aliphatic carbocycles. The number of nitrogens with zero attached hydrogens (tertiary/aromatic N) is 2. The van der Waals surface area contributed by atoms with E-state index < -0.39 is 11.8 Å². The zero-order valence-corrected chi connectivity index (χ0v) is 19.8. The van der Waals surface area contributed by atoms with Crippen molar-refractivity contribution in [3.63, 3.8) is 0 Å². The summed E-state index contributed by atoms with van der Waals surface area (Å²) in [6.07, 6.45) is 3.90. The smallest absolute Gasteiger partial charge is 0.270 e. The van der Waals surface area contributed by atoms with Crippen molar-refractivity contribution >= 4 is 52.2 Å². The standard InChI is InChI=1S/C26H27N3O2S/c1-6-28-22-11-10-18(13-20(22)17(3)15-26(28,4)5)14-21-23(30)27-25(32)29(24(21)31)19-9-7-8-16(2)12-19/h7-15H,6H2,1-5H3,(H,27,30,32)/b21-14+. The molecule has 1 fully saturated rings. The number of hydrogen-bond acceptors (Lipinski definition) is 4. The lowest BCUT2D eigenvalue weighted by atomic mass is 9.88. The summed E-state index contributed by atoms with van der Waals surface area (Å²) in [5.74, 6) is -0.907. The Labute approximate surface area is 194 Å². The molecule has 0 bridgehead atoms. The average Bonchev–Trinajstić information content (AvgIpc) is 2.71. The van der Waals surface area contributed by atoms with Gasteiger partial charge in [0.05, 0.1) is 11.2 Å². The number of benzene rings is 2. The lowest BCUT2D eigenvalue weighted by Crippen LogP contribution is -2.54. The summed E-state index contributed by atoms with van der Waals surface area (Å²) < 4.78 is 0. The minimum atomic E-state index is -0.481. The van der Waals surface area contributed by atoms with Crippen LogP contribution in [0.2, 0.25) is 0 Å². The van der Waals surface area contributed by atoms with Crippen LogP contribution in [0.1, 0.15) is 44.4 Å². The van der Waals surface area contributed by atoms with Gasteiger partial charge in [-0.3, -0.25) is 19.8 Å². The molecular weight excluding hydrogens is 418 g/mol. The minimum Gasteiger partial charge on any atom is -0.363 e. The molecule has 5 nitrogen and oxygen atoms in total. The number of anilines is 2. The van der Waals surface area contributed by atoms with E-state index in [9.17, 15) is 9.59 Å². The third-order valence-electron chi connectivity index (χ3n) is 5.99. The Kier molecular flexibility index (Phi) is 5.51. The van der Waals surface area contributed by atoms with E-state index in [-0.39, 0.29) is 16.2 Å². The van der Waals surface area contributed by atoms with Crippen LogP contribution in [-0.4, -0.2) is 29.0 Å². The fraction of sp³-hybridized carbons (Fsp3) is 0.269. The van der Waals surface area contributed by atoms with Crippen molar-refractivity contribution in [2.24, 2.45) is 0 Å². The molecule has 0 atom stereocenters. The Bertz CT molecular complexity index is 1210. The Morgan fingerprint density at radius 2 is 1.84 bits per heavy atom. The van der Waals surface area contributed by atoms with E-state index >= 15 is 0 Å². The highest BCUT2D eigenvalue weighted by atomic mass is 32.1. The number of hydrogen-bond donors (Lipinski definition) is 1. The van der Waals surface area contributed by atoms with Gasteiger partial charge >= 0.3 is 0 Å². The summed E-state index contributed by atoms with van der Waals surface area (Å²) in [7, 11) is 0. The van der Waals surface area contributed by atoms with Gasteiger partial charge in [-0.1, -0.05) is 24.3 Å². The van der Waals surface area contributed by atoms with E-state index in [0.29, 0.717) is 5.69 Å². The van der Waals surface area contributed by atoms with Crippen molar-refractivity contribution < 1.29 is 9.59 Å². The Hall–Kier alpha value is -3.25. The molecular formula is C26H27N3O2S. The van der Waals surface area contributed by atoms with Gasteiger partial charge in [0.1, 0.15) is 5.57 Å². The zero-order valence-electron chi connectivity index (χ0n) is 19.0. The number of carbonyl (C=O) groups is 2. The number of carbonyl (C=O) groups excluding carboxylic acids is 2. The van der Waals surface area contributed by atoms with E-state index in [1.165, 1.54) is 10.5 Å². The maximum atomic E-state index is 13.3. The number of likely N-dealkylation sites (N-methyl/N-ethyl adjacent to an activating group) is 1. The molecule has 2 aliphatic heterocycles. The third-order valence-corrected chi connectivity index (χ3v) is 6.28. The molecule has 164 valence electrons. The number of amides is 2. The largest absolute Gasteiger partial charge is 0.363 e. The first-order valence-corrected chi connectivity index (χ1v) is 11.1.